The number of halogens is 1. The Kier molecular flexibility index (Phi) is 13.1. The molecule has 4 N–H and O–H groups in total. The molecule has 0 aliphatic rings. The zero-order chi connectivity index (χ0) is 6.50. The van der Waals surface area contributed by atoms with E-state index in [4.69, 9.17) is 28.0 Å². The van der Waals surface area contributed by atoms with Crippen LogP contribution < -0.4 is 0 Å². The van der Waals surface area contributed by atoms with Crippen molar-refractivity contribution in [3.63, 3.8) is 0 Å². The molecule has 0 fully saturated rings. The van der Waals surface area contributed by atoms with Crippen molar-refractivity contribution in [2.45, 2.75) is 0 Å². The van der Waals surface area contributed by atoms with Crippen LogP contribution in [0.4, 0.5) is 4.70 Å². The summed E-state index contributed by atoms with van der Waals surface area (Å²) in [6, 6.07) is 0. The summed E-state index contributed by atoms with van der Waals surface area (Å²) in [5.74, 6) is 0. The highest BCUT2D eigenvalue weighted by molar-refractivity contribution is 7.79. The molecule has 0 spiro atoms. The fraction of sp³-hybridized carbons (Fsp3) is 0. The van der Waals surface area contributed by atoms with Gasteiger partial charge in [0.05, 0.1) is 0 Å². The average Bonchev–Trinajstić information content (AvgIpc) is 1.36. The predicted molar refractivity (Wildman–Crippen MR) is 21.9 cm³/mol. The summed E-state index contributed by atoms with van der Waals surface area (Å²) >= 11 is 0. The molecule has 0 amide bonds. The van der Waals surface area contributed by atoms with E-state index in [1.807, 2.05) is 0 Å². The van der Waals surface area contributed by atoms with Gasteiger partial charge in [-0.2, -0.15) is 8.42 Å². The van der Waals surface area contributed by atoms with Crippen LogP contribution in [0.15, 0.2) is 0 Å². The second-order valence-corrected chi connectivity index (χ2v) is 1.34. The van der Waals surface area contributed by atoms with Crippen LogP contribution in [-0.4, -0.2) is 28.0 Å². The van der Waals surface area contributed by atoms with E-state index >= 15 is 0 Å². The van der Waals surface area contributed by atoms with Gasteiger partial charge < -0.3 is 0 Å². The Hall–Kier alpha value is -0.280. The molecule has 8 heteroatoms. The van der Waals surface area contributed by atoms with Crippen molar-refractivity contribution in [3.8, 4) is 0 Å². The van der Waals surface area contributed by atoms with Crippen LogP contribution >= 0.6 is 0 Å². The first-order chi connectivity index (χ1) is 3.00. The molecule has 0 unspecified atom stereocenters. The molecule has 0 saturated heterocycles. The maximum atomic E-state index is 8.74. The minimum absolute atomic E-state index is 0. The minimum Gasteiger partial charge on any atom is -0.269 e. The molecule has 0 aliphatic heterocycles. The molecule has 0 saturated carbocycles. The molecule has 6 nitrogen and oxygen atoms in total. The van der Waals surface area contributed by atoms with Gasteiger partial charge in [0.25, 0.3) is 0 Å². The zero-order valence-corrected chi connectivity index (χ0v) is 4.24. The molecule has 0 heterocycles. The SMILES string of the molecule is F.O=S(=O)(O)O.OO. The summed E-state index contributed by atoms with van der Waals surface area (Å²) < 4.78 is 31.6. The van der Waals surface area contributed by atoms with Gasteiger partial charge in [0, 0.05) is 0 Å². The lowest BCUT2D eigenvalue weighted by Crippen LogP contribution is -1.89. The molecular weight excluding hydrogens is 147 g/mol. The quantitative estimate of drug-likeness (QED) is 0.211. The van der Waals surface area contributed by atoms with Gasteiger partial charge in [-0.25, -0.2) is 0 Å². The molecule has 54 valence electrons. The van der Waals surface area contributed by atoms with Crippen LogP contribution in [0.25, 0.3) is 0 Å². The van der Waals surface area contributed by atoms with Gasteiger partial charge in [-0.05, 0) is 0 Å². The van der Waals surface area contributed by atoms with Crippen molar-refractivity contribution >= 4 is 10.4 Å². The lowest BCUT2D eigenvalue weighted by atomic mass is 15.0. The van der Waals surface area contributed by atoms with E-state index in [1.165, 1.54) is 0 Å². The van der Waals surface area contributed by atoms with Gasteiger partial charge in [-0.1, -0.05) is 0 Å². The Balaban J connectivity index is -0.0000000750. The molecule has 0 radical (unpaired) electrons. The van der Waals surface area contributed by atoms with Gasteiger partial charge in [-0.3, -0.25) is 24.3 Å². The first-order valence-electron chi connectivity index (χ1n) is 0.898. The Morgan fingerprint density at radius 3 is 1.00 bits per heavy atom. The second-order valence-electron chi connectivity index (χ2n) is 0.448. The van der Waals surface area contributed by atoms with Crippen LogP contribution in [0.3, 0.4) is 0 Å². The Morgan fingerprint density at radius 2 is 1.00 bits per heavy atom. The molecule has 0 aromatic carbocycles. The standard InChI is InChI=1S/FH.H2O4S.H2O2/c;1-5(2,3)4;1-2/h1H;(H2,1,2,3,4);1-2H. The summed E-state index contributed by atoms with van der Waals surface area (Å²) in [6.07, 6.45) is 0. The van der Waals surface area contributed by atoms with Gasteiger partial charge in [0.15, 0.2) is 0 Å². The third-order valence-corrected chi connectivity index (χ3v) is 0. The number of rotatable bonds is 0. The molecule has 0 bridgehead atoms. The Bertz CT molecular complexity index is 91.7. The van der Waals surface area contributed by atoms with Gasteiger partial charge in [0.1, 0.15) is 0 Å². The number of hydrogen-bond acceptors (Lipinski definition) is 4. The van der Waals surface area contributed by atoms with E-state index in [0.29, 0.717) is 0 Å². The third kappa shape index (κ3) is 1630. The highest BCUT2D eigenvalue weighted by Crippen LogP contribution is 1.59. The molecule has 0 atom stereocenters. The molecule has 0 aromatic rings. The van der Waals surface area contributed by atoms with E-state index < -0.39 is 10.4 Å². The fourth-order valence-electron chi connectivity index (χ4n) is 0. The summed E-state index contributed by atoms with van der Waals surface area (Å²) in [7, 11) is -4.67. The van der Waals surface area contributed by atoms with Gasteiger partial charge >= 0.3 is 10.4 Å². The van der Waals surface area contributed by atoms with Crippen LogP contribution in [0.1, 0.15) is 0 Å². The average molecular weight is 152 g/mol. The smallest absolute Gasteiger partial charge is 0.269 e. The van der Waals surface area contributed by atoms with Crippen LogP contribution in [0.5, 0.6) is 0 Å². The minimum atomic E-state index is -4.67. The molecule has 0 aromatic heterocycles. The van der Waals surface area contributed by atoms with Gasteiger partial charge in [-0.15, -0.1) is 0 Å². The highest BCUT2D eigenvalue weighted by Gasteiger charge is 1.84. The molecular formula is H5FO6S. The molecule has 0 aliphatic carbocycles. The first-order valence-corrected chi connectivity index (χ1v) is 2.30. The van der Waals surface area contributed by atoms with Gasteiger partial charge in [0.2, 0.25) is 0 Å². The van der Waals surface area contributed by atoms with Crippen molar-refractivity contribution in [1.82, 2.24) is 0 Å². The summed E-state index contributed by atoms with van der Waals surface area (Å²) in [4.78, 5) is 0. The first kappa shape index (κ1) is 15.6. The van der Waals surface area contributed by atoms with E-state index in [2.05, 4.69) is 0 Å². The van der Waals surface area contributed by atoms with Crippen molar-refractivity contribution in [2.75, 3.05) is 0 Å². The van der Waals surface area contributed by atoms with E-state index in [0.717, 1.165) is 0 Å². The van der Waals surface area contributed by atoms with Crippen molar-refractivity contribution in [1.29, 1.82) is 0 Å². The van der Waals surface area contributed by atoms with Crippen LogP contribution in [0, 0.1) is 0 Å². The van der Waals surface area contributed by atoms with Crippen LogP contribution in [0.2, 0.25) is 0 Å². The van der Waals surface area contributed by atoms with E-state index in [1.54, 1.807) is 0 Å². The fourth-order valence-corrected chi connectivity index (χ4v) is 0. The second kappa shape index (κ2) is 6.72. The Morgan fingerprint density at radius 1 is 1.00 bits per heavy atom. The largest absolute Gasteiger partial charge is 0.394 e. The highest BCUT2D eigenvalue weighted by atomic mass is 32.3. The maximum Gasteiger partial charge on any atom is 0.394 e. The number of hydrogen-bond donors (Lipinski definition) is 4. The molecule has 8 heavy (non-hydrogen) atoms. The van der Waals surface area contributed by atoms with E-state index in [9.17, 15) is 0 Å². The predicted octanol–water partition coefficient (Wildman–Crippen LogP) is -0.483. The lowest BCUT2D eigenvalue weighted by Gasteiger charge is -1.68. The maximum absolute atomic E-state index is 8.74. The summed E-state index contributed by atoms with van der Waals surface area (Å²) in [6.45, 7) is 0. The van der Waals surface area contributed by atoms with Crippen molar-refractivity contribution < 1.29 is 32.7 Å². The van der Waals surface area contributed by atoms with Crippen LogP contribution in [-0.2, 0) is 10.4 Å². The van der Waals surface area contributed by atoms with Crippen molar-refractivity contribution in [3.05, 3.63) is 0 Å². The molecule has 0 rings (SSSR count). The Labute approximate surface area is 44.3 Å². The normalized spacial score (nSPS) is 8.00. The zero-order valence-electron chi connectivity index (χ0n) is 3.42. The topological polar surface area (TPSA) is 115 Å². The summed E-state index contributed by atoms with van der Waals surface area (Å²) in [5.41, 5.74) is 0. The van der Waals surface area contributed by atoms with E-state index in [-0.39, 0.29) is 4.70 Å². The third-order valence-electron chi connectivity index (χ3n) is 0. The summed E-state index contributed by atoms with van der Waals surface area (Å²) in [5, 5.41) is 12.0. The lowest BCUT2D eigenvalue weighted by molar-refractivity contribution is -0.176. The monoisotopic (exact) mass is 152 g/mol. The van der Waals surface area contributed by atoms with Crippen molar-refractivity contribution in [2.24, 2.45) is 0 Å².